The van der Waals surface area contributed by atoms with Gasteiger partial charge in [-0.15, -0.1) is 11.3 Å². The Morgan fingerprint density at radius 2 is 1.38 bits per heavy atom. The first-order chi connectivity index (χ1) is 23.0. The fraction of sp³-hybridized carbons (Fsp3) is 0.116. The highest BCUT2D eigenvalue weighted by Gasteiger charge is 2.38. The van der Waals surface area contributed by atoms with E-state index >= 15 is 0 Å². The molecule has 0 fully saturated rings. The molecule has 224 valence electrons. The van der Waals surface area contributed by atoms with Crippen LogP contribution < -0.4 is 0 Å². The maximum absolute atomic E-state index is 6.53. The molecule has 0 saturated heterocycles. The first kappa shape index (κ1) is 26.9. The first-order valence-corrected chi connectivity index (χ1v) is 17.1. The molecule has 8 aromatic rings. The molecule has 10 rings (SSSR count). The van der Waals surface area contributed by atoms with Crippen molar-refractivity contribution in [1.29, 1.82) is 0 Å². The van der Waals surface area contributed by atoms with E-state index in [1.807, 2.05) is 24.3 Å². The van der Waals surface area contributed by atoms with Gasteiger partial charge < -0.3 is 4.42 Å². The van der Waals surface area contributed by atoms with Crippen molar-refractivity contribution in [2.24, 2.45) is 0 Å². The van der Waals surface area contributed by atoms with Crippen LogP contribution in [0, 0.1) is 0 Å². The zero-order valence-electron chi connectivity index (χ0n) is 26.2. The van der Waals surface area contributed by atoms with E-state index < -0.39 is 0 Å². The molecule has 2 aliphatic rings. The van der Waals surface area contributed by atoms with E-state index in [-0.39, 0.29) is 5.41 Å². The van der Waals surface area contributed by atoms with Crippen molar-refractivity contribution in [2.75, 3.05) is 0 Å². The maximum Gasteiger partial charge on any atom is 0.228 e. The fourth-order valence-corrected chi connectivity index (χ4v) is 8.93. The van der Waals surface area contributed by atoms with Crippen LogP contribution in [0.5, 0.6) is 0 Å². The molecule has 0 unspecified atom stereocenters. The second-order valence-electron chi connectivity index (χ2n) is 13.2. The molecule has 0 amide bonds. The number of para-hydroxylation sites is 3. The normalized spacial score (nSPS) is 15.3. The summed E-state index contributed by atoms with van der Waals surface area (Å²) in [5.41, 5.74) is 13.0. The molecule has 0 bridgehead atoms. The highest BCUT2D eigenvalue weighted by Crippen LogP contribution is 2.53. The topological polar surface area (TPSA) is 38.9 Å². The first-order valence-electron chi connectivity index (χ1n) is 16.3. The Kier molecular flexibility index (Phi) is 5.62. The molecule has 2 aliphatic carbocycles. The number of benzene rings is 6. The van der Waals surface area contributed by atoms with Gasteiger partial charge in [0.1, 0.15) is 10.5 Å². The fourth-order valence-electron chi connectivity index (χ4n) is 7.96. The SMILES string of the molecule is CC1(C)C2=C(CCC=C2)c2cc3c(-c4nc5ccccc5o4)c4ccccc4c(-c4ccc(-c5nc6ccccc6s5)cc4)c3cc21. The smallest absolute Gasteiger partial charge is 0.228 e. The molecule has 0 atom stereocenters. The van der Waals surface area contributed by atoms with Gasteiger partial charge in [-0.3, -0.25) is 0 Å². The van der Waals surface area contributed by atoms with E-state index in [0.29, 0.717) is 5.89 Å². The average molecular weight is 623 g/mol. The van der Waals surface area contributed by atoms with Crippen molar-refractivity contribution in [2.45, 2.75) is 32.1 Å². The van der Waals surface area contributed by atoms with E-state index in [0.717, 1.165) is 51.0 Å². The molecule has 0 radical (unpaired) electrons. The van der Waals surface area contributed by atoms with Crippen molar-refractivity contribution in [1.82, 2.24) is 9.97 Å². The summed E-state index contributed by atoms with van der Waals surface area (Å²) in [5.74, 6) is 0.667. The van der Waals surface area contributed by atoms with Crippen molar-refractivity contribution in [3.05, 3.63) is 138 Å². The number of allylic oxidation sites excluding steroid dienone is 4. The Labute approximate surface area is 276 Å². The minimum atomic E-state index is -0.0762. The van der Waals surface area contributed by atoms with Gasteiger partial charge in [-0.05, 0) is 104 Å². The summed E-state index contributed by atoms with van der Waals surface area (Å²) in [4.78, 5) is 9.99. The molecule has 0 aliphatic heterocycles. The minimum absolute atomic E-state index is 0.0762. The van der Waals surface area contributed by atoms with Crippen molar-refractivity contribution < 1.29 is 4.42 Å². The van der Waals surface area contributed by atoms with Gasteiger partial charge in [0.25, 0.3) is 0 Å². The van der Waals surface area contributed by atoms with Crippen LogP contribution >= 0.6 is 11.3 Å². The summed E-state index contributed by atoms with van der Waals surface area (Å²) < 4.78 is 7.74. The second-order valence-corrected chi connectivity index (χ2v) is 14.3. The Balaban J connectivity index is 1.27. The van der Waals surface area contributed by atoms with E-state index in [2.05, 4.69) is 111 Å². The van der Waals surface area contributed by atoms with Crippen LogP contribution in [0.2, 0.25) is 0 Å². The van der Waals surface area contributed by atoms with Gasteiger partial charge in [0.15, 0.2) is 5.58 Å². The summed E-state index contributed by atoms with van der Waals surface area (Å²) in [6, 6.07) is 39.1. The molecule has 4 heteroatoms. The van der Waals surface area contributed by atoms with Crippen LogP contribution in [-0.2, 0) is 5.41 Å². The van der Waals surface area contributed by atoms with Crippen LogP contribution in [0.1, 0.15) is 37.8 Å². The van der Waals surface area contributed by atoms with Crippen LogP contribution in [0.4, 0.5) is 0 Å². The molecule has 2 aromatic heterocycles. The van der Waals surface area contributed by atoms with Crippen LogP contribution in [0.3, 0.4) is 0 Å². The van der Waals surface area contributed by atoms with Gasteiger partial charge in [-0.1, -0.05) is 98.8 Å². The summed E-state index contributed by atoms with van der Waals surface area (Å²) >= 11 is 1.74. The summed E-state index contributed by atoms with van der Waals surface area (Å²) in [6.45, 7) is 4.76. The predicted octanol–water partition coefficient (Wildman–Crippen LogP) is 12.1. The predicted molar refractivity (Wildman–Crippen MR) is 197 cm³/mol. The number of rotatable bonds is 3. The summed E-state index contributed by atoms with van der Waals surface area (Å²) in [5, 5.41) is 5.79. The van der Waals surface area contributed by atoms with E-state index in [4.69, 9.17) is 14.4 Å². The quantitative estimate of drug-likeness (QED) is 0.184. The third-order valence-electron chi connectivity index (χ3n) is 10.2. The molecule has 0 spiro atoms. The molecular formula is C43H30N2OS. The van der Waals surface area contributed by atoms with Gasteiger partial charge in [0, 0.05) is 11.0 Å². The zero-order chi connectivity index (χ0) is 31.3. The molecule has 6 aromatic carbocycles. The van der Waals surface area contributed by atoms with Crippen molar-refractivity contribution in [3.8, 4) is 33.2 Å². The molecule has 2 heterocycles. The lowest BCUT2D eigenvalue weighted by atomic mass is 9.78. The molecule has 47 heavy (non-hydrogen) atoms. The standard InChI is InChI=1S/C43H30N2OS/c1-43(2)33-14-6-5-11-27(33)30-23-31-32(24-34(30)43)39(25-19-21-26(22-20-25)42-45-36-16-8-10-18-38(36)47-42)28-12-3-4-13-29(28)40(31)41-44-35-15-7-9-17-37(35)46-41/h3-4,6-10,12-24H,5,11H2,1-2H3. The number of nitrogens with zero attached hydrogens (tertiary/aromatic N) is 2. The third kappa shape index (κ3) is 3.92. The lowest BCUT2D eigenvalue weighted by Gasteiger charge is -2.25. The molecule has 0 N–H and O–H groups in total. The number of aromatic nitrogens is 2. The largest absolute Gasteiger partial charge is 0.436 e. The van der Waals surface area contributed by atoms with Gasteiger partial charge in [-0.2, -0.15) is 0 Å². The minimum Gasteiger partial charge on any atom is -0.436 e. The number of thiazole rings is 1. The number of fused-ring (bicyclic) bond motifs is 6. The maximum atomic E-state index is 6.53. The summed E-state index contributed by atoms with van der Waals surface area (Å²) in [6.07, 6.45) is 6.85. The molecule has 3 nitrogen and oxygen atoms in total. The van der Waals surface area contributed by atoms with E-state index in [1.54, 1.807) is 11.3 Å². The van der Waals surface area contributed by atoms with Crippen molar-refractivity contribution >= 4 is 59.8 Å². The lowest BCUT2D eigenvalue weighted by Crippen LogP contribution is -2.16. The number of oxazole rings is 1. The number of hydrogen-bond acceptors (Lipinski definition) is 4. The zero-order valence-corrected chi connectivity index (χ0v) is 27.0. The van der Waals surface area contributed by atoms with Gasteiger partial charge in [0.2, 0.25) is 5.89 Å². The highest BCUT2D eigenvalue weighted by atomic mass is 32.1. The Bertz CT molecular complexity index is 2580. The lowest BCUT2D eigenvalue weighted by molar-refractivity contribution is 0.621. The monoisotopic (exact) mass is 622 g/mol. The molecule has 0 saturated carbocycles. The van der Waals surface area contributed by atoms with Crippen molar-refractivity contribution in [3.63, 3.8) is 0 Å². The highest BCUT2D eigenvalue weighted by molar-refractivity contribution is 7.21. The Morgan fingerprint density at radius 3 is 2.19 bits per heavy atom. The summed E-state index contributed by atoms with van der Waals surface area (Å²) in [7, 11) is 0. The van der Waals surface area contributed by atoms with Crippen LogP contribution in [0.25, 0.3) is 81.6 Å². The second kappa shape index (κ2) is 9.84. The molecular weight excluding hydrogens is 593 g/mol. The number of hydrogen-bond donors (Lipinski definition) is 0. The van der Waals surface area contributed by atoms with Gasteiger partial charge >= 0.3 is 0 Å². The van der Waals surface area contributed by atoms with Crippen LogP contribution in [0.15, 0.2) is 131 Å². The van der Waals surface area contributed by atoms with Gasteiger partial charge in [-0.25, -0.2) is 9.97 Å². The average Bonchev–Trinajstić information content (AvgIpc) is 3.80. The van der Waals surface area contributed by atoms with Gasteiger partial charge in [0.05, 0.1) is 15.8 Å². The van der Waals surface area contributed by atoms with Crippen LogP contribution in [-0.4, -0.2) is 9.97 Å². The Hall–Kier alpha value is -5.32. The van der Waals surface area contributed by atoms with E-state index in [9.17, 15) is 0 Å². The third-order valence-corrected chi connectivity index (χ3v) is 11.3. The Morgan fingerprint density at radius 1 is 0.681 bits per heavy atom. The van der Waals surface area contributed by atoms with E-state index in [1.165, 1.54) is 54.3 Å².